The molecular formula is C22H22N2O5S. The van der Waals surface area contributed by atoms with Gasteiger partial charge in [-0.3, -0.25) is 4.31 Å². The van der Waals surface area contributed by atoms with E-state index in [0.29, 0.717) is 36.1 Å². The van der Waals surface area contributed by atoms with Crippen LogP contribution in [0.25, 0.3) is 6.08 Å². The monoisotopic (exact) mass is 426 g/mol. The molecule has 0 spiro atoms. The molecule has 8 heteroatoms. The summed E-state index contributed by atoms with van der Waals surface area (Å²) in [5.41, 5.74) is 1.77. The molecule has 1 aromatic heterocycles. The third-order valence-corrected chi connectivity index (χ3v) is 6.75. The first kappa shape index (κ1) is 20.0. The van der Waals surface area contributed by atoms with Crippen molar-refractivity contribution in [1.29, 1.82) is 0 Å². The van der Waals surface area contributed by atoms with Crippen LogP contribution in [-0.4, -0.2) is 33.3 Å². The predicted octanol–water partition coefficient (Wildman–Crippen LogP) is 3.97. The largest absolute Gasteiger partial charge is 0.486 e. The first-order chi connectivity index (χ1) is 14.5. The fourth-order valence-corrected chi connectivity index (χ4v) is 5.04. The summed E-state index contributed by atoms with van der Waals surface area (Å²) in [5.74, 6) is 1.37. The zero-order valence-corrected chi connectivity index (χ0v) is 17.6. The Kier molecular flexibility index (Phi) is 5.50. The van der Waals surface area contributed by atoms with Crippen molar-refractivity contribution >= 4 is 21.8 Å². The number of anilines is 1. The highest BCUT2D eigenvalue weighted by molar-refractivity contribution is 7.93. The number of hydrogen-bond donors (Lipinski definition) is 0. The highest BCUT2D eigenvalue weighted by Gasteiger charge is 2.31. The molecule has 0 aliphatic carbocycles. The van der Waals surface area contributed by atoms with Crippen LogP contribution < -0.4 is 13.8 Å². The molecular weight excluding hydrogens is 404 g/mol. The van der Waals surface area contributed by atoms with E-state index in [1.54, 1.807) is 32.0 Å². The van der Waals surface area contributed by atoms with Crippen molar-refractivity contribution in [3.8, 4) is 11.5 Å². The molecule has 0 unspecified atom stereocenters. The van der Waals surface area contributed by atoms with Gasteiger partial charge in [-0.05, 0) is 31.5 Å². The lowest BCUT2D eigenvalue weighted by Crippen LogP contribution is -2.32. The summed E-state index contributed by atoms with van der Waals surface area (Å²) in [7, 11) is -3.92. The van der Waals surface area contributed by atoms with Crippen molar-refractivity contribution in [3.63, 3.8) is 0 Å². The molecule has 0 atom stereocenters. The van der Waals surface area contributed by atoms with E-state index in [1.807, 2.05) is 42.5 Å². The molecule has 0 saturated carbocycles. The number of sulfonamides is 1. The molecule has 4 rings (SSSR count). The minimum Gasteiger partial charge on any atom is -0.486 e. The molecule has 0 fully saturated rings. The van der Waals surface area contributed by atoms with Gasteiger partial charge in [0, 0.05) is 6.07 Å². The van der Waals surface area contributed by atoms with Crippen LogP contribution >= 0.6 is 0 Å². The number of rotatable bonds is 6. The lowest BCUT2D eigenvalue weighted by Gasteiger charge is -2.25. The first-order valence-electron chi connectivity index (χ1n) is 9.53. The van der Waals surface area contributed by atoms with E-state index in [1.165, 1.54) is 4.31 Å². The summed E-state index contributed by atoms with van der Waals surface area (Å²) >= 11 is 0. The van der Waals surface area contributed by atoms with Gasteiger partial charge in [-0.2, -0.15) is 0 Å². The summed E-state index contributed by atoms with van der Waals surface area (Å²) < 4.78 is 44.8. The topological polar surface area (TPSA) is 81.9 Å². The van der Waals surface area contributed by atoms with Crippen molar-refractivity contribution in [2.24, 2.45) is 0 Å². The molecule has 0 radical (unpaired) electrons. The third kappa shape index (κ3) is 3.91. The van der Waals surface area contributed by atoms with Crippen LogP contribution in [-0.2, 0) is 10.0 Å². The van der Waals surface area contributed by atoms with Crippen LogP contribution in [0, 0.1) is 13.8 Å². The van der Waals surface area contributed by atoms with Gasteiger partial charge in [0.25, 0.3) is 10.0 Å². The number of aryl methyl sites for hydroxylation is 2. The van der Waals surface area contributed by atoms with Gasteiger partial charge in [-0.15, -0.1) is 0 Å². The third-order valence-electron chi connectivity index (χ3n) is 4.71. The van der Waals surface area contributed by atoms with Gasteiger partial charge in [0.2, 0.25) is 0 Å². The van der Waals surface area contributed by atoms with E-state index in [-0.39, 0.29) is 17.2 Å². The minimum absolute atomic E-state index is 0.0745. The van der Waals surface area contributed by atoms with Crippen LogP contribution in [0.5, 0.6) is 11.5 Å². The average molecular weight is 426 g/mol. The van der Waals surface area contributed by atoms with E-state index < -0.39 is 10.0 Å². The normalized spacial score (nSPS) is 13.5. The molecule has 7 nitrogen and oxygen atoms in total. The van der Waals surface area contributed by atoms with Gasteiger partial charge >= 0.3 is 0 Å². The lowest BCUT2D eigenvalue weighted by atomic mass is 10.2. The molecule has 0 bridgehead atoms. The van der Waals surface area contributed by atoms with Gasteiger partial charge in [0.05, 0.1) is 12.2 Å². The standard InChI is InChI=1S/C22H22N2O5S/c1-16-22(17(2)29-23-16)30(25,26)24(12-6-9-18-7-4-3-5-8-18)19-10-11-20-21(15-19)28-14-13-27-20/h3-11,15H,12-14H2,1-2H3/b9-6+. The second kappa shape index (κ2) is 8.23. The van der Waals surface area contributed by atoms with Crippen molar-refractivity contribution in [2.45, 2.75) is 18.7 Å². The summed E-state index contributed by atoms with van der Waals surface area (Å²) in [6.07, 6.45) is 3.69. The summed E-state index contributed by atoms with van der Waals surface area (Å²) in [4.78, 5) is 0.0745. The lowest BCUT2D eigenvalue weighted by molar-refractivity contribution is 0.171. The molecule has 156 valence electrons. The quantitative estimate of drug-likeness (QED) is 0.593. The molecule has 2 heterocycles. The van der Waals surface area contributed by atoms with Gasteiger partial charge in [0.15, 0.2) is 22.2 Å². The number of ether oxygens (including phenoxy) is 2. The summed E-state index contributed by atoms with van der Waals surface area (Å²) in [6.45, 7) is 4.22. The maximum Gasteiger partial charge on any atom is 0.270 e. The Morgan fingerprint density at radius 1 is 1.03 bits per heavy atom. The van der Waals surface area contributed by atoms with Gasteiger partial charge in [-0.1, -0.05) is 47.6 Å². The van der Waals surface area contributed by atoms with Crippen molar-refractivity contribution < 1.29 is 22.4 Å². The van der Waals surface area contributed by atoms with E-state index >= 15 is 0 Å². The molecule has 1 aliphatic rings. The molecule has 1 aliphatic heterocycles. The van der Waals surface area contributed by atoms with Crippen LogP contribution in [0.1, 0.15) is 17.0 Å². The van der Waals surface area contributed by atoms with Crippen LogP contribution in [0.15, 0.2) is 64.0 Å². The molecule has 0 saturated heterocycles. The van der Waals surface area contributed by atoms with Crippen molar-refractivity contribution in [3.05, 3.63) is 71.6 Å². The van der Waals surface area contributed by atoms with Crippen molar-refractivity contribution in [2.75, 3.05) is 24.1 Å². The Labute approximate surface area is 175 Å². The average Bonchev–Trinajstić information content (AvgIpc) is 3.10. The fraction of sp³-hybridized carbons (Fsp3) is 0.227. The zero-order chi connectivity index (χ0) is 21.1. The smallest absolute Gasteiger partial charge is 0.270 e. The molecule has 30 heavy (non-hydrogen) atoms. The Morgan fingerprint density at radius 2 is 1.77 bits per heavy atom. The molecule has 2 aromatic carbocycles. The van der Waals surface area contributed by atoms with Gasteiger partial charge < -0.3 is 14.0 Å². The maximum absolute atomic E-state index is 13.6. The number of fused-ring (bicyclic) bond motifs is 1. The Balaban J connectivity index is 1.74. The second-order valence-electron chi connectivity index (χ2n) is 6.83. The van der Waals surface area contributed by atoms with E-state index in [2.05, 4.69) is 5.16 Å². The van der Waals surface area contributed by atoms with Gasteiger partial charge in [0.1, 0.15) is 18.9 Å². The second-order valence-corrected chi connectivity index (χ2v) is 8.63. The zero-order valence-electron chi connectivity index (χ0n) is 16.7. The number of hydrogen-bond acceptors (Lipinski definition) is 6. The van der Waals surface area contributed by atoms with Crippen LogP contribution in [0.3, 0.4) is 0 Å². The van der Waals surface area contributed by atoms with E-state index in [9.17, 15) is 8.42 Å². The summed E-state index contributed by atoms with van der Waals surface area (Å²) in [6, 6.07) is 14.8. The molecule has 0 N–H and O–H groups in total. The first-order valence-corrected chi connectivity index (χ1v) is 11.0. The molecule has 3 aromatic rings. The Hall–Kier alpha value is -3.26. The van der Waals surface area contributed by atoms with Crippen LogP contribution in [0.4, 0.5) is 5.69 Å². The molecule has 0 amide bonds. The van der Waals surface area contributed by atoms with Gasteiger partial charge in [-0.25, -0.2) is 8.42 Å². The predicted molar refractivity (Wildman–Crippen MR) is 113 cm³/mol. The fourth-order valence-electron chi connectivity index (χ4n) is 3.33. The highest BCUT2D eigenvalue weighted by atomic mass is 32.2. The Bertz CT molecular complexity index is 1150. The highest BCUT2D eigenvalue weighted by Crippen LogP contribution is 2.36. The van der Waals surface area contributed by atoms with Crippen LogP contribution in [0.2, 0.25) is 0 Å². The number of nitrogens with zero attached hydrogens (tertiary/aromatic N) is 2. The maximum atomic E-state index is 13.6. The number of aromatic nitrogens is 1. The van der Waals surface area contributed by atoms with E-state index in [0.717, 1.165) is 5.56 Å². The van der Waals surface area contributed by atoms with E-state index in [4.69, 9.17) is 14.0 Å². The SMILES string of the molecule is Cc1noc(C)c1S(=O)(=O)N(C/C=C/c1ccccc1)c1ccc2c(c1)OCCO2. The summed E-state index contributed by atoms with van der Waals surface area (Å²) in [5, 5.41) is 3.81. The van der Waals surface area contributed by atoms with Crippen molar-refractivity contribution in [1.82, 2.24) is 5.16 Å². The number of benzene rings is 2. The Morgan fingerprint density at radius 3 is 2.47 bits per heavy atom. The minimum atomic E-state index is -3.92.